The number of benzene rings is 1. The van der Waals surface area contributed by atoms with Gasteiger partial charge in [0.1, 0.15) is 0 Å². The largest absolute Gasteiger partial charge is 0.330 e. The third-order valence-corrected chi connectivity index (χ3v) is 2.43. The summed E-state index contributed by atoms with van der Waals surface area (Å²) in [5.41, 5.74) is 6.39. The van der Waals surface area contributed by atoms with Gasteiger partial charge >= 0.3 is 0 Å². The number of hydrogen-bond acceptors (Lipinski definition) is 1. The maximum Gasteiger partial charge on any atom is 0.0479 e. The predicted molar refractivity (Wildman–Crippen MR) is 61.9 cm³/mol. The zero-order valence-electron chi connectivity index (χ0n) is 7.13. The molecule has 0 unspecified atom stereocenters. The minimum absolute atomic E-state index is 0.669. The topological polar surface area (TPSA) is 26.0 Å². The summed E-state index contributed by atoms with van der Waals surface area (Å²) in [6.45, 7) is 0.669. The molecule has 0 saturated heterocycles. The van der Waals surface area contributed by atoms with Crippen LogP contribution in [0.15, 0.2) is 28.7 Å². The zero-order chi connectivity index (χ0) is 9.68. The van der Waals surface area contributed by atoms with E-state index in [1.807, 2.05) is 30.4 Å². The van der Waals surface area contributed by atoms with Crippen LogP contribution >= 0.6 is 27.5 Å². The van der Waals surface area contributed by atoms with E-state index in [1.54, 1.807) is 0 Å². The molecule has 1 aromatic rings. The minimum Gasteiger partial charge on any atom is -0.330 e. The summed E-state index contributed by atoms with van der Waals surface area (Å²) in [5.74, 6) is 0. The number of rotatable bonds is 3. The van der Waals surface area contributed by atoms with Crippen molar-refractivity contribution in [2.75, 3.05) is 6.54 Å². The lowest BCUT2D eigenvalue weighted by Gasteiger charge is -1.98. The zero-order valence-corrected chi connectivity index (χ0v) is 9.48. The number of nitrogens with two attached hydrogens (primary N) is 1. The molecule has 13 heavy (non-hydrogen) atoms. The highest BCUT2D eigenvalue weighted by Gasteiger charge is 1.95. The molecule has 0 aliphatic heterocycles. The monoisotopic (exact) mass is 259 g/mol. The van der Waals surface area contributed by atoms with Crippen LogP contribution in [-0.2, 0) is 0 Å². The highest BCUT2D eigenvalue weighted by Crippen LogP contribution is 2.22. The smallest absolute Gasteiger partial charge is 0.0479 e. The molecule has 1 rings (SSSR count). The van der Waals surface area contributed by atoms with Crippen LogP contribution in [0.1, 0.15) is 12.0 Å². The van der Waals surface area contributed by atoms with Crippen molar-refractivity contribution in [1.29, 1.82) is 0 Å². The molecule has 0 radical (unpaired) electrons. The Bertz CT molecular complexity index is 310. The lowest BCUT2D eigenvalue weighted by Crippen LogP contribution is -1.94. The first-order chi connectivity index (χ1) is 6.24. The molecule has 0 spiro atoms. The molecule has 1 nitrogen and oxygen atoms in total. The van der Waals surface area contributed by atoms with Gasteiger partial charge in [-0.1, -0.05) is 39.7 Å². The van der Waals surface area contributed by atoms with Crippen LogP contribution < -0.4 is 5.73 Å². The Morgan fingerprint density at radius 3 is 2.92 bits per heavy atom. The summed E-state index contributed by atoms with van der Waals surface area (Å²) >= 11 is 9.36. The Hall–Kier alpha value is -0.310. The molecule has 0 atom stereocenters. The Labute approximate surface area is 91.7 Å². The standard InChI is InChI=1S/C10H11BrClN/c11-9-4-5-10(12)8(7-9)3-1-2-6-13/h1,3-5,7H,2,6,13H2/b3-1+. The molecule has 0 bridgehead atoms. The molecule has 0 amide bonds. The fraction of sp³-hybridized carbons (Fsp3) is 0.200. The van der Waals surface area contributed by atoms with Crippen molar-refractivity contribution in [1.82, 2.24) is 0 Å². The van der Waals surface area contributed by atoms with Gasteiger partial charge in [0.15, 0.2) is 0 Å². The van der Waals surface area contributed by atoms with E-state index in [-0.39, 0.29) is 0 Å². The first-order valence-corrected chi connectivity index (χ1v) is 5.23. The SMILES string of the molecule is NCC/C=C/c1cc(Br)ccc1Cl. The van der Waals surface area contributed by atoms with Crippen LogP contribution in [0.5, 0.6) is 0 Å². The Morgan fingerprint density at radius 2 is 2.23 bits per heavy atom. The highest BCUT2D eigenvalue weighted by atomic mass is 79.9. The third-order valence-electron chi connectivity index (χ3n) is 1.59. The maximum absolute atomic E-state index is 5.97. The molecule has 1 aromatic carbocycles. The molecular weight excluding hydrogens is 249 g/mol. The van der Waals surface area contributed by atoms with Crippen molar-refractivity contribution in [3.05, 3.63) is 39.3 Å². The number of hydrogen-bond donors (Lipinski definition) is 1. The van der Waals surface area contributed by atoms with Gasteiger partial charge in [0.25, 0.3) is 0 Å². The molecule has 0 aromatic heterocycles. The fourth-order valence-electron chi connectivity index (χ4n) is 0.949. The van der Waals surface area contributed by atoms with Crippen LogP contribution in [-0.4, -0.2) is 6.54 Å². The van der Waals surface area contributed by atoms with Crippen molar-refractivity contribution in [2.24, 2.45) is 5.73 Å². The van der Waals surface area contributed by atoms with E-state index in [1.165, 1.54) is 0 Å². The third kappa shape index (κ3) is 3.51. The summed E-state index contributed by atoms with van der Waals surface area (Å²) in [7, 11) is 0. The van der Waals surface area contributed by atoms with E-state index in [0.29, 0.717) is 6.54 Å². The fourth-order valence-corrected chi connectivity index (χ4v) is 1.51. The molecule has 0 heterocycles. The van der Waals surface area contributed by atoms with Gasteiger partial charge in [-0.05, 0) is 36.7 Å². The normalized spacial score (nSPS) is 11.0. The summed E-state index contributed by atoms with van der Waals surface area (Å²) in [6, 6.07) is 5.77. The van der Waals surface area contributed by atoms with Crippen LogP contribution in [0.25, 0.3) is 6.08 Å². The van der Waals surface area contributed by atoms with Crippen molar-refractivity contribution in [3.8, 4) is 0 Å². The van der Waals surface area contributed by atoms with E-state index in [2.05, 4.69) is 15.9 Å². The van der Waals surface area contributed by atoms with E-state index < -0.39 is 0 Å². The molecule has 3 heteroatoms. The van der Waals surface area contributed by atoms with Crippen molar-refractivity contribution in [2.45, 2.75) is 6.42 Å². The van der Waals surface area contributed by atoms with Gasteiger partial charge in [0.05, 0.1) is 0 Å². The van der Waals surface area contributed by atoms with Gasteiger partial charge in [-0.15, -0.1) is 0 Å². The molecular formula is C10H11BrClN. The Kier molecular flexibility index (Phi) is 4.50. The van der Waals surface area contributed by atoms with Crippen LogP contribution in [0.4, 0.5) is 0 Å². The van der Waals surface area contributed by atoms with Crippen LogP contribution in [0, 0.1) is 0 Å². The summed E-state index contributed by atoms with van der Waals surface area (Å²) in [4.78, 5) is 0. The van der Waals surface area contributed by atoms with E-state index >= 15 is 0 Å². The predicted octanol–water partition coefficient (Wildman–Crippen LogP) is 3.46. The van der Waals surface area contributed by atoms with Gasteiger partial charge in [-0.25, -0.2) is 0 Å². The second-order valence-corrected chi connectivity index (χ2v) is 3.97. The van der Waals surface area contributed by atoms with Crippen LogP contribution in [0.3, 0.4) is 0 Å². The molecule has 2 N–H and O–H groups in total. The lowest BCUT2D eigenvalue weighted by atomic mass is 10.2. The van der Waals surface area contributed by atoms with E-state index in [9.17, 15) is 0 Å². The second-order valence-electron chi connectivity index (χ2n) is 2.65. The van der Waals surface area contributed by atoms with Gasteiger partial charge < -0.3 is 5.73 Å². The average molecular weight is 261 g/mol. The Balaban J connectivity index is 2.81. The van der Waals surface area contributed by atoms with Crippen LogP contribution in [0.2, 0.25) is 5.02 Å². The molecule has 0 aliphatic rings. The quantitative estimate of drug-likeness (QED) is 0.885. The summed E-state index contributed by atoms with van der Waals surface area (Å²) in [5, 5.41) is 0.761. The Morgan fingerprint density at radius 1 is 1.46 bits per heavy atom. The second kappa shape index (κ2) is 5.43. The van der Waals surface area contributed by atoms with Crippen molar-refractivity contribution < 1.29 is 0 Å². The summed E-state index contributed by atoms with van der Waals surface area (Å²) < 4.78 is 1.03. The highest BCUT2D eigenvalue weighted by molar-refractivity contribution is 9.10. The molecule has 0 fully saturated rings. The van der Waals surface area contributed by atoms with Crippen molar-refractivity contribution in [3.63, 3.8) is 0 Å². The first-order valence-electron chi connectivity index (χ1n) is 4.05. The molecule has 0 saturated carbocycles. The summed E-state index contributed by atoms with van der Waals surface area (Å²) in [6.07, 6.45) is 4.89. The van der Waals surface area contributed by atoms with Gasteiger partial charge in [0, 0.05) is 9.50 Å². The van der Waals surface area contributed by atoms with Gasteiger partial charge in [0.2, 0.25) is 0 Å². The van der Waals surface area contributed by atoms with Crippen molar-refractivity contribution >= 4 is 33.6 Å². The minimum atomic E-state index is 0.669. The average Bonchev–Trinajstić information content (AvgIpc) is 2.11. The van der Waals surface area contributed by atoms with E-state index in [4.69, 9.17) is 17.3 Å². The maximum atomic E-state index is 5.97. The van der Waals surface area contributed by atoms with E-state index in [0.717, 1.165) is 21.5 Å². The van der Waals surface area contributed by atoms with Gasteiger partial charge in [-0.3, -0.25) is 0 Å². The first kappa shape index (κ1) is 10.8. The lowest BCUT2D eigenvalue weighted by molar-refractivity contribution is 1.01. The molecule has 0 aliphatic carbocycles. The van der Waals surface area contributed by atoms with Gasteiger partial charge in [-0.2, -0.15) is 0 Å². The molecule has 70 valence electrons. The number of halogens is 2.